The van der Waals surface area contributed by atoms with Crippen LogP contribution in [-0.2, 0) is 0 Å². The Morgan fingerprint density at radius 1 is 0.305 bits per heavy atom. The van der Waals surface area contributed by atoms with Gasteiger partial charge in [0, 0.05) is 33.5 Å². The van der Waals surface area contributed by atoms with E-state index in [1.54, 1.807) is 0 Å². The molecule has 2 nitrogen and oxygen atoms in total. The fourth-order valence-corrected chi connectivity index (χ4v) is 8.93. The molecule has 0 aliphatic heterocycles. The molecule has 59 heavy (non-hydrogen) atoms. The summed E-state index contributed by atoms with van der Waals surface area (Å²) >= 11 is 0. The van der Waals surface area contributed by atoms with E-state index in [0.717, 1.165) is 28.4 Å². The normalized spacial score (nSPS) is 11.7. The van der Waals surface area contributed by atoms with E-state index in [0.29, 0.717) is 5.92 Å². The topological polar surface area (TPSA) is 6.48 Å². The summed E-state index contributed by atoms with van der Waals surface area (Å²) in [5.74, 6) is 0.376. The molecule has 10 aromatic rings. The van der Waals surface area contributed by atoms with Gasteiger partial charge in [-0.2, -0.15) is 0 Å². The minimum atomic E-state index is 0.376. The number of nitrogens with zero attached hydrogens (tertiary/aromatic N) is 2. The Morgan fingerprint density at radius 2 is 0.712 bits per heavy atom. The molecule has 10 rings (SSSR count). The number of aryl methyl sites for hydroxylation is 4. The second-order valence-corrected chi connectivity index (χ2v) is 16.8. The van der Waals surface area contributed by atoms with Crippen molar-refractivity contribution >= 4 is 88.0 Å². The Kier molecular flexibility index (Phi) is 8.95. The van der Waals surface area contributed by atoms with Gasteiger partial charge < -0.3 is 9.80 Å². The summed E-state index contributed by atoms with van der Waals surface area (Å²) in [5, 5.41) is 12.3. The predicted octanol–water partition coefficient (Wildman–Crippen LogP) is 16.7. The molecule has 0 saturated carbocycles. The summed E-state index contributed by atoms with van der Waals surface area (Å²) in [6, 6.07) is 66.3. The van der Waals surface area contributed by atoms with Crippen LogP contribution in [0.5, 0.6) is 0 Å². The smallest absolute Gasteiger partial charge is 0.0546 e. The van der Waals surface area contributed by atoms with Crippen LogP contribution in [0.3, 0.4) is 0 Å². The minimum Gasteiger partial charge on any atom is -0.310 e. The molecule has 0 bridgehead atoms. The Morgan fingerprint density at radius 3 is 1.22 bits per heavy atom. The lowest BCUT2D eigenvalue weighted by Gasteiger charge is -2.30. The van der Waals surface area contributed by atoms with Crippen LogP contribution in [0.2, 0.25) is 0 Å². The average Bonchev–Trinajstić information content (AvgIpc) is 3.25. The summed E-state index contributed by atoms with van der Waals surface area (Å²) in [6.07, 6.45) is 0. The van der Waals surface area contributed by atoms with Crippen LogP contribution in [0.15, 0.2) is 176 Å². The van der Waals surface area contributed by atoms with Gasteiger partial charge in [0.15, 0.2) is 0 Å². The summed E-state index contributed by atoms with van der Waals surface area (Å²) in [7, 11) is 0. The van der Waals surface area contributed by atoms with Crippen molar-refractivity contribution in [3.63, 3.8) is 0 Å². The number of hydrogen-bond donors (Lipinski definition) is 0. The Balaban J connectivity index is 1.29. The molecule has 0 heterocycles. The van der Waals surface area contributed by atoms with Crippen molar-refractivity contribution in [2.75, 3.05) is 9.80 Å². The first-order valence-corrected chi connectivity index (χ1v) is 20.8. The van der Waals surface area contributed by atoms with Crippen LogP contribution in [0.25, 0.3) is 53.9 Å². The summed E-state index contributed by atoms with van der Waals surface area (Å²) < 4.78 is 0. The second kappa shape index (κ2) is 14.5. The quantitative estimate of drug-likeness (QED) is 0.149. The maximum Gasteiger partial charge on any atom is 0.0546 e. The van der Waals surface area contributed by atoms with E-state index < -0.39 is 0 Å². The Labute approximate surface area is 347 Å². The van der Waals surface area contributed by atoms with Crippen molar-refractivity contribution in [2.45, 2.75) is 47.5 Å². The SMILES string of the molecule is Cc1ccc(N(c2ccc3cc(C)ccc3c2)c2cc3c4ccc(C(C)C)cc4c(N(c4ccc(C)cc4)c4ccc5cc(C)ccc5c4)cc3c3ccccc23)cc1. The first kappa shape index (κ1) is 36.4. The van der Waals surface area contributed by atoms with Crippen molar-refractivity contribution in [3.8, 4) is 0 Å². The molecule has 0 atom stereocenters. The van der Waals surface area contributed by atoms with Crippen LogP contribution < -0.4 is 9.80 Å². The van der Waals surface area contributed by atoms with Crippen molar-refractivity contribution in [3.05, 3.63) is 204 Å². The third kappa shape index (κ3) is 6.55. The molecule has 0 aromatic heterocycles. The highest BCUT2D eigenvalue weighted by Gasteiger charge is 2.23. The maximum atomic E-state index is 2.47. The molecule has 0 spiro atoms. The van der Waals surface area contributed by atoms with E-state index in [4.69, 9.17) is 0 Å². The van der Waals surface area contributed by atoms with E-state index in [1.807, 2.05) is 0 Å². The molecular formula is C57H48N2. The van der Waals surface area contributed by atoms with Crippen LogP contribution >= 0.6 is 0 Å². The van der Waals surface area contributed by atoms with Gasteiger partial charge in [0.2, 0.25) is 0 Å². The van der Waals surface area contributed by atoms with E-state index in [-0.39, 0.29) is 0 Å². The van der Waals surface area contributed by atoms with Crippen molar-refractivity contribution < 1.29 is 0 Å². The molecule has 0 aliphatic carbocycles. The van der Waals surface area contributed by atoms with Crippen molar-refractivity contribution in [1.82, 2.24) is 0 Å². The summed E-state index contributed by atoms with van der Waals surface area (Å²) in [5.41, 5.74) is 13.2. The molecule has 2 heteroatoms. The second-order valence-electron chi connectivity index (χ2n) is 16.8. The van der Waals surface area contributed by atoms with Crippen LogP contribution in [0.4, 0.5) is 34.1 Å². The zero-order valence-corrected chi connectivity index (χ0v) is 34.7. The third-order valence-electron chi connectivity index (χ3n) is 12.2. The third-order valence-corrected chi connectivity index (χ3v) is 12.2. The van der Waals surface area contributed by atoms with Gasteiger partial charge in [0.1, 0.15) is 0 Å². The first-order valence-electron chi connectivity index (χ1n) is 20.8. The largest absolute Gasteiger partial charge is 0.310 e. The molecule has 10 aromatic carbocycles. The maximum absolute atomic E-state index is 2.47. The number of hydrogen-bond acceptors (Lipinski definition) is 2. The fourth-order valence-electron chi connectivity index (χ4n) is 8.93. The summed E-state index contributed by atoms with van der Waals surface area (Å²) in [6.45, 7) is 13.2. The van der Waals surface area contributed by atoms with Crippen LogP contribution in [0.1, 0.15) is 47.6 Å². The van der Waals surface area contributed by atoms with Gasteiger partial charge in [-0.15, -0.1) is 0 Å². The van der Waals surface area contributed by atoms with Crippen LogP contribution in [0, 0.1) is 27.7 Å². The number of fused-ring (bicyclic) bond motifs is 7. The van der Waals surface area contributed by atoms with Gasteiger partial charge in [-0.3, -0.25) is 0 Å². The number of benzene rings is 10. The molecule has 0 saturated heterocycles. The van der Waals surface area contributed by atoms with Crippen molar-refractivity contribution in [2.24, 2.45) is 0 Å². The molecular weight excluding hydrogens is 713 g/mol. The van der Waals surface area contributed by atoms with E-state index in [9.17, 15) is 0 Å². The molecule has 286 valence electrons. The van der Waals surface area contributed by atoms with Crippen LogP contribution in [-0.4, -0.2) is 0 Å². The molecule has 0 aliphatic rings. The highest BCUT2D eigenvalue weighted by Crippen LogP contribution is 2.48. The summed E-state index contributed by atoms with van der Waals surface area (Å²) in [4.78, 5) is 4.93. The lowest BCUT2D eigenvalue weighted by molar-refractivity contribution is 0.869. The van der Waals surface area contributed by atoms with Gasteiger partial charge in [-0.1, -0.05) is 145 Å². The first-order chi connectivity index (χ1) is 28.7. The Hall–Kier alpha value is -6.90. The van der Waals surface area contributed by atoms with Gasteiger partial charge in [-0.25, -0.2) is 0 Å². The van der Waals surface area contributed by atoms with Gasteiger partial charge in [0.25, 0.3) is 0 Å². The molecule has 0 N–H and O–H groups in total. The Bertz CT molecular complexity index is 3230. The molecule has 0 amide bonds. The zero-order valence-electron chi connectivity index (χ0n) is 34.7. The van der Waals surface area contributed by atoms with E-state index in [1.165, 1.54) is 87.4 Å². The molecule has 0 radical (unpaired) electrons. The highest BCUT2D eigenvalue weighted by atomic mass is 15.2. The number of anilines is 6. The van der Waals surface area contributed by atoms with Crippen molar-refractivity contribution in [1.29, 1.82) is 0 Å². The standard InChI is InChI=1S/C57H48N2/c1-36(2)41-21-28-51-54-34-56(58(46-22-13-37(3)14-23-46)48-26-19-42-29-39(5)11-17-44(42)31-48)52-10-8-7-9-50(52)53(54)35-57(55(51)33-41)59(47-24-15-38(4)16-25-47)49-27-20-43-30-40(6)12-18-45(43)32-49/h7-36H,1-6H3. The predicted molar refractivity (Wildman–Crippen MR) is 256 cm³/mol. The van der Waals surface area contributed by atoms with E-state index >= 15 is 0 Å². The average molecular weight is 761 g/mol. The zero-order chi connectivity index (χ0) is 40.4. The highest BCUT2D eigenvalue weighted by molar-refractivity contribution is 6.24. The van der Waals surface area contributed by atoms with Gasteiger partial charge >= 0.3 is 0 Å². The van der Waals surface area contributed by atoms with E-state index in [2.05, 4.69) is 227 Å². The monoisotopic (exact) mass is 760 g/mol. The lowest BCUT2D eigenvalue weighted by atomic mass is 9.91. The fraction of sp³-hybridized carbons (Fsp3) is 0.123. The minimum absolute atomic E-state index is 0.376. The number of rotatable bonds is 7. The molecule has 0 unspecified atom stereocenters. The van der Waals surface area contributed by atoms with Gasteiger partial charge in [-0.05, 0) is 149 Å². The lowest BCUT2D eigenvalue weighted by Crippen LogP contribution is -2.12. The molecule has 0 fully saturated rings. The van der Waals surface area contributed by atoms with Gasteiger partial charge in [0.05, 0.1) is 11.4 Å².